The van der Waals surface area contributed by atoms with Gasteiger partial charge in [-0.15, -0.1) is 0 Å². The Morgan fingerprint density at radius 2 is 2.12 bits per heavy atom. The van der Waals surface area contributed by atoms with E-state index in [0.717, 1.165) is 11.2 Å². The van der Waals surface area contributed by atoms with Crippen LogP contribution in [0.5, 0.6) is 0 Å². The van der Waals surface area contributed by atoms with Crippen LogP contribution in [0.15, 0.2) is 42.7 Å². The Morgan fingerprint density at radius 1 is 1.24 bits per heavy atom. The normalized spacial score (nSPS) is 10.9. The monoisotopic (exact) mass is 244 g/mol. The molecular formula is C12H9ClN4. The van der Waals surface area contributed by atoms with Gasteiger partial charge in [-0.2, -0.15) is 0 Å². The van der Waals surface area contributed by atoms with E-state index in [2.05, 4.69) is 9.97 Å². The first kappa shape index (κ1) is 10.1. The molecule has 17 heavy (non-hydrogen) atoms. The van der Waals surface area contributed by atoms with Gasteiger partial charge in [0.2, 0.25) is 0 Å². The highest BCUT2D eigenvalue weighted by molar-refractivity contribution is 6.33. The summed E-state index contributed by atoms with van der Waals surface area (Å²) >= 11 is 6.08. The van der Waals surface area contributed by atoms with E-state index in [4.69, 9.17) is 17.3 Å². The second kappa shape index (κ2) is 3.75. The van der Waals surface area contributed by atoms with Gasteiger partial charge in [0.15, 0.2) is 11.0 Å². The zero-order valence-electron chi connectivity index (χ0n) is 8.84. The second-order valence-electron chi connectivity index (χ2n) is 3.66. The molecule has 0 amide bonds. The van der Waals surface area contributed by atoms with Crippen LogP contribution in [0.1, 0.15) is 0 Å². The van der Waals surface area contributed by atoms with E-state index in [1.807, 2.05) is 28.8 Å². The summed E-state index contributed by atoms with van der Waals surface area (Å²) in [6.07, 6.45) is 3.56. The number of rotatable bonds is 1. The summed E-state index contributed by atoms with van der Waals surface area (Å²) in [5.74, 6) is 0.714. The van der Waals surface area contributed by atoms with Crippen molar-refractivity contribution in [2.45, 2.75) is 0 Å². The predicted octanol–water partition coefficient (Wildman–Crippen LogP) is 2.63. The highest BCUT2D eigenvalue weighted by Gasteiger charge is 2.11. The minimum absolute atomic E-state index is 0.429. The molecule has 5 heteroatoms. The van der Waals surface area contributed by atoms with Crippen molar-refractivity contribution >= 4 is 22.8 Å². The molecule has 3 aromatic rings. The van der Waals surface area contributed by atoms with E-state index in [-0.39, 0.29) is 0 Å². The van der Waals surface area contributed by atoms with Crippen LogP contribution in [0.2, 0.25) is 5.15 Å². The molecule has 0 spiro atoms. The van der Waals surface area contributed by atoms with E-state index in [1.165, 1.54) is 0 Å². The van der Waals surface area contributed by atoms with Crippen molar-refractivity contribution in [1.29, 1.82) is 0 Å². The molecule has 0 saturated carbocycles. The summed E-state index contributed by atoms with van der Waals surface area (Å²) in [6.45, 7) is 0. The van der Waals surface area contributed by atoms with Crippen molar-refractivity contribution in [3.05, 3.63) is 47.9 Å². The zero-order chi connectivity index (χ0) is 11.8. The molecule has 0 aliphatic carbocycles. The number of halogens is 1. The Kier molecular flexibility index (Phi) is 2.23. The Bertz CT molecular complexity index is 676. The van der Waals surface area contributed by atoms with Gasteiger partial charge in [0.25, 0.3) is 0 Å². The molecule has 0 aromatic carbocycles. The lowest BCUT2D eigenvalue weighted by Crippen LogP contribution is -1.92. The third kappa shape index (κ3) is 1.62. The fourth-order valence-corrected chi connectivity index (χ4v) is 1.97. The van der Waals surface area contributed by atoms with E-state index < -0.39 is 0 Å². The minimum Gasteiger partial charge on any atom is -0.399 e. The highest BCUT2D eigenvalue weighted by Crippen LogP contribution is 2.25. The fraction of sp³-hybridized carbons (Fsp3) is 0. The molecule has 0 aliphatic rings. The van der Waals surface area contributed by atoms with Crippen LogP contribution in [-0.4, -0.2) is 14.4 Å². The first-order valence-corrected chi connectivity index (χ1v) is 5.48. The van der Waals surface area contributed by atoms with Crippen molar-refractivity contribution < 1.29 is 0 Å². The lowest BCUT2D eigenvalue weighted by Gasteiger charge is -2.00. The van der Waals surface area contributed by atoms with Crippen LogP contribution in [0.25, 0.3) is 17.0 Å². The number of nitrogens with two attached hydrogens (primary N) is 1. The van der Waals surface area contributed by atoms with Gasteiger partial charge >= 0.3 is 0 Å². The number of pyridine rings is 2. The van der Waals surface area contributed by atoms with Crippen LogP contribution in [0.4, 0.5) is 5.69 Å². The molecule has 0 saturated heterocycles. The van der Waals surface area contributed by atoms with Gasteiger partial charge in [-0.1, -0.05) is 17.7 Å². The Labute approximate surface area is 103 Å². The summed E-state index contributed by atoms with van der Waals surface area (Å²) in [5, 5.41) is 0.429. The van der Waals surface area contributed by atoms with Crippen LogP contribution >= 0.6 is 11.6 Å². The maximum atomic E-state index is 6.08. The Morgan fingerprint density at radius 3 is 2.88 bits per heavy atom. The number of anilines is 1. The molecule has 0 bridgehead atoms. The molecule has 3 aromatic heterocycles. The maximum absolute atomic E-state index is 6.08. The van der Waals surface area contributed by atoms with Crippen LogP contribution in [0.3, 0.4) is 0 Å². The first-order valence-electron chi connectivity index (χ1n) is 5.10. The molecule has 2 N–H and O–H groups in total. The van der Waals surface area contributed by atoms with Gasteiger partial charge in [0, 0.05) is 18.1 Å². The quantitative estimate of drug-likeness (QED) is 0.716. The standard InChI is InChI=1S/C12H9ClN4/c13-11-10-7-8(14)4-6-17(10)12(16-11)9-3-1-2-5-15-9/h1-7H,14H2. The largest absolute Gasteiger partial charge is 0.399 e. The lowest BCUT2D eigenvalue weighted by atomic mass is 10.3. The van der Waals surface area contributed by atoms with Gasteiger partial charge in [-0.05, 0) is 24.3 Å². The number of hydrogen-bond acceptors (Lipinski definition) is 3. The van der Waals surface area contributed by atoms with Gasteiger partial charge in [-0.25, -0.2) is 4.98 Å². The first-order chi connectivity index (χ1) is 8.25. The fourth-order valence-electron chi connectivity index (χ4n) is 1.74. The maximum Gasteiger partial charge on any atom is 0.165 e. The Balaban J connectivity index is 2.32. The summed E-state index contributed by atoms with van der Waals surface area (Å²) < 4.78 is 1.88. The molecule has 0 radical (unpaired) electrons. The van der Waals surface area contributed by atoms with Crippen molar-refractivity contribution in [3.63, 3.8) is 0 Å². The third-order valence-corrected chi connectivity index (χ3v) is 2.79. The van der Waals surface area contributed by atoms with Gasteiger partial charge in [-0.3, -0.25) is 9.38 Å². The number of aromatic nitrogens is 3. The smallest absolute Gasteiger partial charge is 0.165 e. The van der Waals surface area contributed by atoms with Gasteiger partial charge < -0.3 is 5.73 Å². The number of nitrogens with zero attached hydrogens (tertiary/aromatic N) is 3. The molecule has 3 rings (SSSR count). The predicted molar refractivity (Wildman–Crippen MR) is 67.8 cm³/mol. The zero-order valence-corrected chi connectivity index (χ0v) is 9.59. The summed E-state index contributed by atoms with van der Waals surface area (Å²) in [6, 6.07) is 9.26. The lowest BCUT2D eigenvalue weighted by molar-refractivity contribution is 1.13. The number of fused-ring (bicyclic) bond motifs is 1. The Hall–Kier alpha value is -2.07. The van der Waals surface area contributed by atoms with Crippen molar-refractivity contribution in [1.82, 2.24) is 14.4 Å². The van der Waals surface area contributed by atoms with Gasteiger partial charge in [0.05, 0.1) is 5.52 Å². The van der Waals surface area contributed by atoms with Gasteiger partial charge in [0.1, 0.15) is 5.69 Å². The molecule has 0 aliphatic heterocycles. The average molecular weight is 245 g/mol. The number of hydrogen-bond donors (Lipinski definition) is 1. The minimum atomic E-state index is 0.429. The topological polar surface area (TPSA) is 56.2 Å². The van der Waals surface area contributed by atoms with Crippen molar-refractivity contribution in [2.75, 3.05) is 5.73 Å². The SMILES string of the molecule is Nc1ccn2c(-c3ccccn3)nc(Cl)c2c1. The van der Waals surface area contributed by atoms with E-state index in [0.29, 0.717) is 16.7 Å². The van der Waals surface area contributed by atoms with E-state index in [9.17, 15) is 0 Å². The van der Waals surface area contributed by atoms with E-state index in [1.54, 1.807) is 18.3 Å². The molecule has 4 nitrogen and oxygen atoms in total. The number of imidazole rings is 1. The van der Waals surface area contributed by atoms with E-state index >= 15 is 0 Å². The third-order valence-electron chi connectivity index (χ3n) is 2.52. The van der Waals surface area contributed by atoms with Crippen LogP contribution in [-0.2, 0) is 0 Å². The van der Waals surface area contributed by atoms with Crippen molar-refractivity contribution in [2.24, 2.45) is 0 Å². The molecule has 0 atom stereocenters. The summed E-state index contributed by atoms with van der Waals surface area (Å²) in [4.78, 5) is 8.57. The highest BCUT2D eigenvalue weighted by atomic mass is 35.5. The molecule has 0 fully saturated rings. The van der Waals surface area contributed by atoms with Crippen LogP contribution < -0.4 is 5.73 Å². The molecule has 84 valence electrons. The second-order valence-corrected chi connectivity index (χ2v) is 4.01. The molecule has 3 heterocycles. The summed E-state index contributed by atoms with van der Waals surface area (Å²) in [5.41, 5.74) is 7.95. The van der Waals surface area contributed by atoms with Crippen LogP contribution in [0, 0.1) is 0 Å². The number of nitrogen functional groups attached to an aromatic ring is 1. The average Bonchev–Trinajstić information content (AvgIpc) is 2.68. The van der Waals surface area contributed by atoms with Crippen molar-refractivity contribution in [3.8, 4) is 11.5 Å². The molecule has 0 unspecified atom stereocenters. The summed E-state index contributed by atoms with van der Waals surface area (Å²) in [7, 11) is 0. The molecular weight excluding hydrogens is 236 g/mol.